The summed E-state index contributed by atoms with van der Waals surface area (Å²) >= 11 is 1.27. The highest BCUT2D eigenvalue weighted by Crippen LogP contribution is 2.26. The Balaban J connectivity index is 1.75. The van der Waals surface area contributed by atoms with E-state index in [4.69, 9.17) is 4.42 Å². The molecule has 0 saturated carbocycles. The van der Waals surface area contributed by atoms with E-state index in [0.29, 0.717) is 21.5 Å². The number of furan rings is 1. The average molecular weight is 285 g/mol. The van der Waals surface area contributed by atoms with Crippen LogP contribution in [0.15, 0.2) is 47.1 Å². The van der Waals surface area contributed by atoms with Crippen molar-refractivity contribution in [1.82, 2.24) is 10.2 Å². The van der Waals surface area contributed by atoms with Gasteiger partial charge in [-0.3, -0.25) is 10.1 Å². The van der Waals surface area contributed by atoms with Gasteiger partial charge < -0.3 is 4.42 Å². The van der Waals surface area contributed by atoms with E-state index >= 15 is 0 Å². The second-order valence-corrected chi connectivity index (χ2v) is 5.19. The molecule has 0 unspecified atom stereocenters. The lowest BCUT2D eigenvalue weighted by Crippen LogP contribution is -2.11. The van der Waals surface area contributed by atoms with Crippen molar-refractivity contribution < 1.29 is 9.21 Å². The van der Waals surface area contributed by atoms with Gasteiger partial charge >= 0.3 is 0 Å². The van der Waals surface area contributed by atoms with Crippen LogP contribution in [-0.4, -0.2) is 16.1 Å². The topological polar surface area (TPSA) is 68.0 Å². The van der Waals surface area contributed by atoms with E-state index in [1.165, 1.54) is 11.3 Å². The van der Waals surface area contributed by atoms with Crippen LogP contribution in [-0.2, 0) is 0 Å². The zero-order valence-corrected chi connectivity index (χ0v) is 11.5. The van der Waals surface area contributed by atoms with Crippen molar-refractivity contribution in [3.05, 3.63) is 53.8 Å². The molecule has 1 N–H and O–H groups in total. The molecule has 1 aromatic carbocycles. The van der Waals surface area contributed by atoms with Gasteiger partial charge in [-0.25, -0.2) is 0 Å². The van der Waals surface area contributed by atoms with Crippen LogP contribution in [0.1, 0.15) is 15.9 Å². The van der Waals surface area contributed by atoms with Gasteiger partial charge in [0.15, 0.2) is 10.8 Å². The Morgan fingerprint density at radius 2 is 2.00 bits per heavy atom. The largest absolute Gasteiger partial charge is 0.462 e. The number of amides is 1. The van der Waals surface area contributed by atoms with Crippen molar-refractivity contribution in [2.24, 2.45) is 0 Å². The van der Waals surface area contributed by atoms with E-state index in [1.54, 1.807) is 30.5 Å². The fourth-order valence-electron chi connectivity index (χ4n) is 1.65. The molecular formula is C14H11N3O2S. The summed E-state index contributed by atoms with van der Waals surface area (Å²) in [6, 6.07) is 10.9. The van der Waals surface area contributed by atoms with Crippen LogP contribution in [0.3, 0.4) is 0 Å². The molecule has 1 amide bonds. The number of nitrogens with zero attached hydrogens (tertiary/aromatic N) is 2. The molecule has 0 atom stereocenters. The highest BCUT2D eigenvalue weighted by atomic mass is 32.1. The molecule has 0 aliphatic rings. The van der Waals surface area contributed by atoms with Crippen molar-refractivity contribution in [1.29, 1.82) is 0 Å². The Bertz CT molecular complexity index is 717. The number of hydrogen-bond acceptors (Lipinski definition) is 5. The SMILES string of the molecule is Cc1ccc(C(=O)Nc2nnc(-c3ccco3)s2)cc1. The average Bonchev–Trinajstić information content (AvgIpc) is 3.09. The fourth-order valence-corrected chi connectivity index (χ4v) is 2.35. The van der Waals surface area contributed by atoms with Gasteiger partial charge in [-0.15, -0.1) is 10.2 Å². The molecule has 0 radical (unpaired) electrons. The van der Waals surface area contributed by atoms with E-state index in [0.717, 1.165) is 5.56 Å². The van der Waals surface area contributed by atoms with Gasteiger partial charge in [0.05, 0.1) is 6.26 Å². The number of carbonyl (C=O) groups excluding carboxylic acids is 1. The molecule has 6 heteroatoms. The first kappa shape index (κ1) is 12.6. The maximum absolute atomic E-state index is 12.0. The molecule has 100 valence electrons. The van der Waals surface area contributed by atoms with Gasteiger partial charge in [-0.1, -0.05) is 29.0 Å². The van der Waals surface area contributed by atoms with E-state index in [1.807, 2.05) is 19.1 Å². The predicted octanol–water partition coefficient (Wildman–Crippen LogP) is 3.36. The Morgan fingerprint density at radius 1 is 1.20 bits per heavy atom. The third kappa shape index (κ3) is 2.60. The van der Waals surface area contributed by atoms with Gasteiger partial charge in [0.1, 0.15) is 0 Å². The molecule has 0 saturated heterocycles. The number of aromatic nitrogens is 2. The molecule has 0 aliphatic carbocycles. The Hall–Kier alpha value is -2.47. The van der Waals surface area contributed by atoms with E-state index in [2.05, 4.69) is 15.5 Å². The van der Waals surface area contributed by atoms with Crippen molar-refractivity contribution in [3.63, 3.8) is 0 Å². The minimum atomic E-state index is -0.202. The van der Waals surface area contributed by atoms with Crippen molar-refractivity contribution in [3.8, 4) is 10.8 Å². The van der Waals surface area contributed by atoms with Crippen LogP contribution >= 0.6 is 11.3 Å². The first-order chi connectivity index (χ1) is 9.72. The number of nitrogens with one attached hydrogen (secondary N) is 1. The lowest BCUT2D eigenvalue weighted by molar-refractivity contribution is 0.102. The van der Waals surface area contributed by atoms with Crippen LogP contribution in [0.5, 0.6) is 0 Å². The summed E-state index contributed by atoms with van der Waals surface area (Å²) in [6.45, 7) is 1.97. The third-order valence-corrected chi connectivity index (χ3v) is 3.54. The third-order valence-electron chi connectivity index (χ3n) is 2.69. The van der Waals surface area contributed by atoms with Crippen LogP contribution in [0.4, 0.5) is 5.13 Å². The molecule has 0 bridgehead atoms. The normalized spacial score (nSPS) is 10.4. The first-order valence-corrected chi connectivity index (χ1v) is 6.79. The van der Waals surface area contributed by atoms with Gasteiger partial charge in [0, 0.05) is 5.56 Å². The number of hydrogen-bond donors (Lipinski definition) is 1. The maximum Gasteiger partial charge on any atom is 0.257 e. The molecule has 3 rings (SSSR count). The first-order valence-electron chi connectivity index (χ1n) is 5.98. The van der Waals surface area contributed by atoms with E-state index in [-0.39, 0.29) is 5.91 Å². The lowest BCUT2D eigenvalue weighted by atomic mass is 10.1. The molecule has 3 aromatic rings. The van der Waals surface area contributed by atoms with Crippen molar-refractivity contribution in [2.75, 3.05) is 5.32 Å². The van der Waals surface area contributed by atoms with Crippen molar-refractivity contribution in [2.45, 2.75) is 6.92 Å². The molecular weight excluding hydrogens is 274 g/mol. The smallest absolute Gasteiger partial charge is 0.257 e. The second kappa shape index (κ2) is 5.26. The number of aryl methyl sites for hydroxylation is 1. The Kier molecular flexibility index (Phi) is 3.30. The summed E-state index contributed by atoms with van der Waals surface area (Å²) < 4.78 is 5.23. The lowest BCUT2D eigenvalue weighted by Gasteiger charge is -2.01. The molecule has 0 aliphatic heterocycles. The molecule has 20 heavy (non-hydrogen) atoms. The highest BCUT2D eigenvalue weighted by molar-refractivity contribution is 7.18. The summed E-state index contributed by atoms with van der Waals surface area (Å²) in [7, 11) is 0. The Labute approximate surface area is 119 Å². The number of benzene rings is 1. The van der Waals surface area contributed by atoms with E-state index < -0.39 is 0 Å². The minimum absolute atomic E-state index is 0.202. The summed E-state index contributed by atoms with van der Waals surface area (Å²) in [5.74, 6) is 0.436. The number of carbonyl (C=O) groups is 1. The zero-order valence-electron chi connectivity index (χ0n) is 10.7. The molecule has 2 heterocycles. The second-order valence-electron chi connectivity index (χ2n) is 4.21. The molecule has 5 nitrogen and oxygen atoms in total. The van der Waals surface area contributed by atoms with Gasteiger partial charge in [-0.2, -0.15) is 0 Å². The van der Waals surface area contributed by atoms with Crippen LogP contribution < -0.4 is 5.32 Å². The number of anilines is 1. The molecule has 2 aromatic heterocycles. The summed E-state index contributed by atoms with van der Waals surface area (Å²) in [4.78, 5) is 12.0. The summed E-state index contributed by atoms with van der Waals surface area (Å²) in [5, 5.41) is 11.7. The molecule has 0 spiro atoms. The quantitative estimate of drug-likeness (QED) is 0.801. The van der Waals surface area contributed by atoms with Crippen LogP contribution in [0.25, 0.3) is 10.8 Å². The highest BCUT2D eigenvalue weighted by Gasteiger charge is 2.12. The molecule has 0 fully saturated rings. The minimum Gasteiger partial charge on any atom is -0.462 e. The van der Waals surface area contributed by atoms with Crippen molar-refractivity contribution >= 4 is 22.4 Å². The zero-order chi connectivity index (χ0) is 13.9. The monoisotopic (exact) mass is 285 g/mol. The standard InChI is InChI=1S/C14H11N3O2S/c1-9-4-6-10(7-5-9)12(18)15-14-17-16-13(20-14)11-3-2-8-19-11/h2-8H,1H3,(H,15,17,18). The number of rotatable bonds is 3. The van der Waals surface area contributed by atoms with E-state index in [9.17, 15) is 4.79 Å². The van der Waals surface area contributed by atoms with Crippen LogP contribution in [0.2, 0.25) is 0 Å². The van der Waals surface area contributed by atoms with Gasteiger partial charge in [0.25, 0.3) is 5.91 Å². The predicted molar refractivity (Wildman–Crippen MR) is 76.7 cm³/mol. The fraction of sp³-hybridized carbons (Fsp3) is 0.0714. The summed E-state index contributed by atoms with van der Waals surface area (Å²) in [5.41, 5.74) is 1.70. The van der Waals surface area contributed by atoms with Crippen LogP contribution in [0, 0.1) is 6.92 Å². The van der Waals surface area contributed by atoms with Gasteiger partial charge in [-0.05, 0) is 31.2 Å². The van der Waals surface area contributed by atoms with Gasteiger partial charge in [0.2, 0.25) is 5.13 Å². The maximum atomic E-state index is 12.0. The summed E-state index contributed by atoms with van der Waals surface area (Å²) in [6.07, 6.45) is 1.57. The Morgan fingerprint density at radius 3 is 2.70 bits per heavy atom.